The van der Waals surface area contributed by atoms with Gasteiger partial charge in [-0.2, -0.15) is 0 Å². The van der Waals surface area contributed by atoms with Gasteiger partial charge in [0, 0.05) is 6.04 Å². The molecule has 0 bridgehead atoms. The fourth-order valence-electron chi connectivity index (χ4n) is 1.35. The monoisotopic (exact) mass is 249 g/mol. The highest BCUT2D eigenvalue weighted by atomic mass is 16.2. The van der Waals surface area contributed by atoms with Crippen molar-refractivity contribution in [3.63, 3.8) is 0 Å². The third-order valence-corrected chi connectivity index (χ3v) is 2.57. The smallest absolute Gasteiger partial charge is 0.272 e. The van der Waals surface area contributed by atoms with E-state index < -0.39 is 11.9 Å². The average molecular weight is 249 g/mol. The summed E-state index contributed by atoms with van der Waals surface area (Å²) in [6.45, 7) is 1.63. The molecule has 1 saturated carbocycles. The molecule has 2 rings (SSSR count). The van der Waals surface area contributed by atoms with Crippen LogP contribution in [0.5, 0.6) is 0 Å². The lowest BCUT2D eigenvalue weighted by Crippen LogP contribution is -2.45. The number of rotatable bonds is 4. The second-order valence-corrected chi connectivity index (χ2v) is 4.30. The Balaban J connectivity index is 1.89. The van der Waals surface area contributed by atoms with Crippen LogP contribution in [0.15, 0.2) is 12.4 Å². The molecule has 1 aliphatic carbocycles. The number of carbonyl (C=O) groups excluding carboxylic acids is 2. The lowest BCUT2D eigenvalue weighted by Gasteiger charge is -2.13. The Labute approximate surface area is 104 Å². The van der Waals surface area contributed by atoms with Gasteiger partial charge in [-0.05, 0) is 19.8 Å². The zero-order valence-electron chi connectivity index (χ0n) is 10.0. The molecule has 7 nitrogen and oxygen atoms in total. The summed E-state index contributed by atoms with van der Waals surface area (Å²) in [5.41, 5.74) is 5.50. The second kappa shape index (κ2) is 4.99. The number of nitrogens with one attached hydrogen (secondary N) is 2. The number of hydrogen-bond acceptors (Lipinski definition) is 5. The average Bonchev–Trinajstić information content (AvgIpc) is 3.13. The maximum Gasteiger partial charge on any atom is 0.272 e. The molecule has 2 amide bonds. The first kappa shape index (κ1) is 12.3. The van der Waals surface area contributed by atoms with Crippen molar-refractivity contribution in [2.75, 3.05) is 5.73 Å². The van der Waals surface area contributed by atoms with Gasteiger partial charge in [-0.1, -0.05) is 0 Å². The first-order valence-corrected chi connectivity index (χ1v) is 5.75. The minimum absolute atomic E-state index is 0.135. The van der Waals surface area contributed by atoms with E-state index in [1.54, 1.807) is 6.92 Å². The fraction of sp³-hybridized carbons (Fsp3) is 0.455. The summed E-state index contributed by atoms with van der Waals surface area (Å²) in [6.07, 6.45) is 4.59. The summed E-state index contributed by atoms with van der Waals surface area (Å²) < 4.78 is 0. The van der Waals surface area contributed by atoms with Gasteiger partial charge in [-0.3, -0.25) is 9.59 Å². The van der Waals surface area contributed by atoms with E-state index in [4.69, 9.17) is 5.73 Å². The summed E-state index contributed by atoms with van der Waals surface area (Å²) in [5, 5.41) is 5.36. The summed E-state index contributed by atoms with van der Waals surface area (Å²) in [4.78, 5) is 31.0. The van der Waals surface area contributed by atoms with Gasteiger partial charge >= 0.3 is 0 Å². The van der Waals surface area contributed by atoms with E-state index in [0.29, 0.717) is 0 Å². The number of nitrogens with two attached hydrogens (primary N) is 1. The first-order chi connectivity index (χ1) is 8.56. The minimum Gasteiger partial charge on any atom is -0.382 e. The molecule has 1 heterocycles. The van der Waals surface area contributed by atoms with Gasteiger partial charge in [0.25, 0.3) is 5.91 Å². The molecule has 1 unspecified atom stereocenters. The summed E-state index contributed by atoms with van der Waals surface area (Å²) in [5.74, 6) is -0.388. The molecule has 7 heteroatoms. The van der Waals surface area contributed by atoms with Crippen molar-refractivity contribution < 1.29 is 9.59 Å². The van der Waals surface area contributed by atoms with Crippen molar-refractivity contribution in [1.82, 2.24) is 20.6 Å². The van der Waals surface area contributed by atoms with Crippen molar-refractivity contribution >= 4 is 17.6 Å². The van der Waals surface area contributed by atoms with Gasteiger partial charge < -0.3 is 16.4 Å². The zero-order chi connectivity index (χ0) is 13.1. The molecule has 1 atom stereocenters. The lowest BCUT2D eigenvalue weighted by molar-refractivity contribution is -0.122. The van der Waals surface area contributed by atoms with Crippen LogP contribution in [0.3, 0.4) is 0 Å². The Morgan fingerprint density at radius 3 is 2.67 bits per heavy atom. The van der Waals surface area contributed by atoms with Crippen LogP contribution in [0.25, 0.3) is 0 Å². The highest BCUT2D eigenvalue weighted by molar-refractivity contribution is 5.95. The van der Waals surface area contributed by atoms with Crippen molar-refractivity contribution in [2.45, 2.75) is 31.8 Å². The van der Waals surface area contributed by atoms with Crippen LogP contribution in [0.1, 0.15) is 30.3 Å². The van der Waals surface area contributed by atoms with Crippen molar-refractivity contribution in [3.8, 4) is 0 Å². The molecular weight excluding hydrogens is 234 g/mol. The van der Waals surface area contributed by atoms with Crippen LogP contribution in [-0.4, -0.2) is 33.9 Å². The van der Waals surface area contributed by atoms with Gasteiger partial charge in [0.2, 0.25) is 5.91 Å². The summed E-state index contributed by atoms with van der Waals surface area (Å²) >= 11 is 0. The first-order valence-electron chi connectivity index (χ1n) is 5.75. The summed E-state index contributed by atoms with van der Waals surface area (Å²) in [6, 6.07) is -0.328. The van der Waals surface area contributed by atoms with Crippen LogP contribution >= 0.6 is 0 Å². The quantitative estimate of drug-likeness (QED) is 0.663. The normalized spacial score (nSPS) is 15.8. The van der Waals surface area contributed by atoms with E-state index in [2.05, 4.69) is 20.6 Å². The molecule has 0 aliphatic heterocycles. The Morgan fingerprint density at radius 1 is 1.39 bits per heavy atom. The molecule has 1 fully saturated rings. The van der Waals surface area contributed by atoms with Crippen LogP contribution in [0.2, 0.25) is 0 Å². The number of hydrogen-bond donors (Lipinski definition) is 3. The maximum atomic E-state index is 11.7. The Hall–Kier alpha value is -2.18. The van der Waals surface area contributed by atoms with Crippen LogP contribution < -0.4 is 16.4 Å². The summed E-state index contributed by atoms with van der Waals surface area (Å²) in [7, 11) is 0. The zero-order valence-corrected chi connectivity index (χ0v) is 10.0. The van der Waals surface area contributed by atoms with Crippen molar-refractivity contribution in [2.24, 2.45) is 0 Å². The molecule has 0 radical (unpaired) electrons. The van der Waals surface area contributed by atoms with Crippen LogP contribution in [0, 0.1) is 0 Å². The molecule has 0 spiro atoms. The molecule has 4 N–H and O–H groups in total. The molecule has 0 aromatic carbocycles. The molecule has 0 saturated heterocycles. The number of nitrogens with zero attached hydrogens (tertiary/aromatic N) is 2. The lowest BCUT2D eigenvalue weighted by atomic mass is 10.3. The van der Waals surface area contributed by atoms with E-state index in [1.807, 2.05) is 0 Å². The van der Waals surface area contributed by atoms with Crippen LogP contribution in [0.4, 0.5) is 5.82 Å². The number of aromatic nitrogens is 2. The van der Waals surface area contributed by atoms with E-state index in [1.165, 1.54) is 12.4 Å². The van der Waals surface area contributed by atoms with Gasteiger partial charge in [0.05, 0.1) is 12.4 Å². The van der Waals surface area contributed by atoms with Gasteiger partial charge in [0.1, 0.15) is 17.6 Å². The largest absolute Gasteiger partial charge is 0.382 e. The fourth-order valence-corrected chi connectivity index (χ4v) is 1.35. The number of amides is 2. The number of carbonyl (C=O) groups is 2. The Morgan fingerprint density at radius 2 is 2.11 bits per heavy atom. The van der Waals surface area contributed by atoms with E-state index >= 15 is 0 Å². The molecule has 96 valence electrons. The highest BCUT2D eigenvalue weighted by Crippen LogP contribution is 2.18. The van der Waals surface area contributed by atoms with Gasteiger partial charge in [0.15, 0.2) is 0 Å². The topological polar surface area (TPSA) is 110 Å². The second-order valence-electron chi connectivity index (χ2n) is 4.30. The molecule has 1 aromatic heterocycles. The van der Waals surface area contributed by atoms with Gasteiger partial charge in [-0.25, -0.2) is 9.97 Å². The predicted octanol–water partition coefficient (Wildman–Crippen LogP) is -0.544. The van der Waals surface area contributed by atoms with E-state index in [-0.39, 0.29) is 23.5 Å². The van der Waals surface area contributed by atoms with E-state index in [9.17, 15) is 9.59 Å². The standard InChI is InChI=1S/C11H15N5O2/c1-6(10(17)16-7-2-3-7)15-11(18)8-4-14-9(12)5-13-8/h4-7H,2-3H2,1H3,(H2,12,14)(H,15,18)(H,16,17). The Kier molecular flexibility index (Phi) is 3.40. The highest BCUT2D eigenvalue weighted by Gasteiger charge is 2.26. The van der Waals surface area contributed by atoms with Crippen molar-refractivity contribution in [1.29, 1.82) is 0 Å². The Bertz CT molecular complexity index is 455. The van der Waals surface area contributed by atoms with E-state index in [0.717, 1.165) is 12.8 Å². The number of anilines is 1. The maximum absolute atomic E-state index is 11.7. The molecule has 1 aromatic rings. The predicted molar refractivity (Wildman–Crippen MR) is 64.5 cm³/mol. The molecule has 18 heavy (non-hydrogen) atoms. The SMILES string of the molecule is CC(NC(=O)c1cnc(N)cn1)C(=O)NC1CC1. The van der Waals surface area contributed by atoms with Gasteiger partial charge in [-0.15, -0.1) is 0 Å². The third kappa shape index (κ3) is 3.16. The van der Waals surface area contributed by atoms with Crippen molar-refractivity contribution in [3.05, 3.63) is 18.1 Å². The molecule has 1 aliphatic rings. The minimum atomic E-state index is -0.600. The third-order valence-electron chi connectivity index (χ3n) is 2.57. The number of nitrogen functional groups attached to an aromatic ring is 1. The van der Waals surface area contributed by atoms with Crippen LogP contribution in [-0.2, 0) is 4.79 Å². The molecular formula is C11H15N5O2.